The minimum atomic E-state index is -4.62. The second kappa shape index (κ2) is 15.1. The Morgan fingerprint density at radius 3 is 2.47 bits per heavy atom. The molecule has 0 spiro atoms. The van der Waals surface area contributed by atoms with Crippen LogP contribution in [0.1, 0.15) is 46.3 Å². The zero-order chi connectivity index (χ0) is 40.2. The van der Waals surface area contributed by atoms with Crippen molar-refractivity contribution in [3.8, 4) is 17.1 Å². The zero-order valence-electron chi connectivity index (χ0n) is 31.0. The molecule has 19 heteroatoms. The van der Waals surface area contributed by atoms with Crippen molar-refractivity contribution >= 4 is 40.6 Å². The number of nitrogens with one attached hydrogen (secondary N) is 1. The summed E-state index contributed by atoms with van der Waals surface area (Å²) in [5.41, 5.74) is 1.17. The van der Waals surface area contributed by atoms with Crippen LogP contribution in [-0.2, 0) is 35.2 Å². The van der Waals surface area contributed by atoms with E-state index in [2.05, 4.69) is 25.3 Å². The summed E-state index contributed by atoms with van der Waals surface area (Å²) in [5.74, 6) is -1.07. The number of amides is 2. The van der Waals surface area contributed by atoms with E-state index in [0.29, 0.717) is 17.3 Å². The first-order chi connectivity index (χ1) is 27.3. The van der Waals surface area contributed by atoms with E-state index < -0.39 is 29.1 Å². The third-order valence-electron chi connectivity index (χ3n) is 10.7. The number of likely N-dealkylation sites (tertiary alicyclic amines) is 1. The van der Waals surface area contributed by atoms with Crippen molar-refractivity contribution in [2.24, 2.45) is 0 Å². The number of benzene rings is 2. The maximum Gasteiger partial charge on any atom is 0.416 e. The van der Waals surface area contributed by atoms with E-state index in [1.807, 2.05) is 36.1 Å². The highest BCUT2D eigenvalue weighted by Crippen LogP contribution is 2.34. The predicted octanol–water partition coefficient (Wildman–Crippen LogP) is 4.17. The number of carbonyl (C=O) groups is 2. The smallest absolute Gasteiger partial charge is 0.416 e. The summed E-state index contributed by atoms with van der Waals surface area (Å²) < 4.78 is 48.3. The minimum Gasteiger partial charge on any atom is -0.504 e. The number of hydrogen-bond donors (Lipinski definition) is 2. The van der Waals surface area contributed by atoms with Crippen LogP contribution in [0.4, 0.5) is 24.5 Å². The summed E-state index contributed by atoms with van der Waals surface area (Å²) in [4.78, 5) is 59.8. The summed E-state index contributed by atoms with van der Waals surface area (Å²) in [7, 11) is 0. The van der Waals surface area contributed by atoms with Crippen LogP contribution in [0.25, 0.3) is 17.2 Å². The Hall–Kier alpha value is -5.59. The van der Waals surface area contributed by atoms with E-state index >= 15 is 0 Å². The van der Waals surface area contributed by atoms with Gasteiger partial charge in [0.25, 0.3) is 11.5 Å². The summed E-state index contributed by atoms with van der Waals surface area (Å²) >= 11 is 6.17. The molecule has 2 bridgehead atoms. The minimum absolute atomic E-state index is 0.0211. The van der Waals surface area contributed by atoms with Gasteiger partial charge in [0.1, 0.15) is 18.6 Å². The highest BCUT2D eigenvalue weighted by atomic mass is 35.5. The lowest BCUT2D eigenvalue weighted by atomic mass is 10.1. The van der Waals surface area contributed by atoms with Gasteiger partial charge in [0.2, 0.25) is 11.7 Å². The highest BCUT2D eigenvalue weighted by Gasteiger charge is 2.39. The lowest BCUT2D eigenvalue weighted by Crippen LogP contribution is -2.51. The van der Waals surface area contributed by atoms with Crippen LogP contribution in [0, 0.1) is 6.92 Å². The van der Waals surface area contributed by atoms with Gasteiger partial charge in [0, 0.05) is 50.9 Å². The molecular weight excluding hydrogens is 769 g/mol. The Kier molecular flexibility index (Phi) is 10.1. The summed E-state index contributed by atoms with van der Waals surface area (Å²) in [6, 6.07) is 10.8. The van der Waals surface area contributed by atoms with Gasteiger partial charge in [-0.15, -0.1) is 5.10 Å². The first-order valence-corrected chi connectivity index (χ1v) is 18.9. The standard InChI is InChI=1S/C38H38ClF3N10O5/c1-3-29-32(48-10-12-49(13-11-48)35(55)31-33(54)21(2)43-20-44-31)36(56)52-37(51(29)18-30(53)45-28-9-8-24(14-27(28)39)38(40,41)42)46-34(47-52)23-6-4-22(5-7-23)16-50-17-26-15-25(50)19-57-26/h4-9,14,20,25-26,54H,3,10-13,15-19H2,1-2H3,(H,45,53)/t25-,26-/m0/s1. The fourth-order valence-corrected chi connectivity index (χ4v) is 7.98. The molecule has 0 saturated carbocycles. The molecule has 3 aliphatic rings. The summed E-state index contributed by atoms with van der Waals surface area (Å²) in [5, 5.41) is 17.4. The van der Waals surface area contributed by atoms with E-state index in [1.54, 1.807) is 11.5 Å². The van der Waals surface area contributed by atoms with Crippen molar-refractivity contribution < 1.29 is 32.6 Å². The largest absolute Gasteiger partial charge is 0.504 e. The molecule has 0 unspecified atom stereocenters. The number of aromatic nitrogens is 6. The molecule has 5 aromatic rings. The SMILES string of the molecule is CCc1c(N2CCN(C(=O)c3ncnc(C)c3O)CC2)c(=O)n2nc(-c3ccc(CN4C[C@@H]5C[C@H]4CO5)cc3)nc2n1CC(=O)Nc1ccc(C(F)(F)F)cc1Cl. The van der Waals surface area contributed by atoms with Gasteiger partial charge in [-0.2, -0.15) is 22.7 Å². The molecule has 0 aliphatic carbocycles. The van der Waals surface area contributed by atoms with Crippen molar-refractivity contribution in [2.75, 3.05) is 49.5 Å². The van der Waals surface area contributed by atoms with Crippen LogP contribution in [0.2, 0.25) is 5.02 Å². The highest BCUT2D eigenvalue weighted by molar-refractivity contribution is 6.33. The molecule has 3 aromatic heterocycles. The van der Waals surface area contributed by atoms with Gasteiger partial charge in [-0.25, -0.2) is 9.97 Å². The average molecular weight is 807 g/mol. The molecule has 2 amide bonds. The fourth-order valence-electron chi connectivity index (χ4n) is 7.75. The van der Waals surface area contributed by atoms with E-state index in [4.69, 9.17) is 21.3 Å². The monoisotopic (exact) mass is 806 g/mol. The predicted molar refractivity (Wildman–Crippen MR) is 202 cm³/mol. The average Bonchev–Trinajstić information content (AvgIpc) is 3.95. The van der Waals surface area contributed by atoms with E-state index in [0.717, 1.165) is 54.4 Å². The Bertz CT molecular complexity index is 2430. The number of hydrogen-bond acceptors (Lipinski definition) is 11. The van der Waals surface area contributed by atoms with E-state index in [9.17, 15) is 32.7 Å². The molecule has 298 valence electrons. The molecule has 0 radical (unpaired) electrons. The number of aromatic hydroxyl groups is 1. The lowest BCUT2D eigenvalue weighted by Gasteiger charge is -2.36. The number of carbonyl (C=O) groups excluding carboxylic acids is 2. The van der Waals surface area contributed by atoms with E-state index in [-0.39, 0.29) is 90.4 Å². The normalized spacial score (nSPS) is 18.5. The van der Waals surface area contributed by atoms with Gasteiger partial charge in [0.15, 0.2) is 17.3 Å². The van der Waals surface area contributed by atoms with Gasteiger partial charge in [-0.1, -0.05) is 42.8 Å². The van der Waals surface area contributed by atoms with Crippen LogP contribution in [0.15, 0.2) is 53.6 Å². The van der Waals surface area contributed by atoms with Crippen LogP contribution in [0.3, 0.4) is 0 Å². The molecule has 3 aliphatic heterocycles. The Balaban J connectivity index is 1.12. The second-order valence-corrected chi connectivity index (χ2v) is 14.7. The molecule has 8 rings (SSSR count). The number of morpholine rings is 1. The number of alkyl halides is 3. The van der Waals surface area contributed by atoms with Gasteiger partial charge in [0.05, 0.1) is 40.4 Å². The van der Waals surface area contributed by atoms with Crippen molar-refractivity contribution in [3.05, 3.63) is 92.4 Å². The van der Waals surface area contributed by atoms with Gasteiger partial charge < -0.3 is 29.5 Å². The van der Waals surface area contributed by atoms with Crippen molar-refractivity contribution in [1.82, 2.24) is 38.9 Å². The third-order valence-corrected chi connectivity index (χ3v) is 11.0. The van der Waals surface area contributed by atoms with Crippen LogP contribution in [0.5, 0.6) is 5.75 Å². The lowest BCUT2D eigenvalue weighted by molar-refractivity contribution is -0.137. The molecule has 6 heterocycles. The maximum absolute atomic E-state index is 14.4. The number of nitrogens with zero attached hydrogens (tertiary/aromatic N) is 9. The summed E-state index contributed by atoms with van der Waals surface area (Å²) in [6.07, 6.45) is -1.81. The van der Waals surface area contributed by atoms with Gasteiger partial charge >= 0.3 is 6.18 Å². The number of anilines is 2. The van der Waals surface area contributed by atoms with Crippen molar-refractivity contribution in [1.29, 1.82) is 0 Å². The summed E-state index contributed by atoms with van der Waals surface area (Å²) in [6.45, 7) is 6.24. The third kappa shape index (κ3) is 7.39. The molecule has 2 atom stereocenters. The maximum atomic E-state index is 14.4. The second-order valence-electron chi connectivity index (χ2n) is 14.3. The van der Waals surface area contributed by atoms with Gasteiger partial charge in [-0.05, 0) is 43.5 Å². The molecule has 2 N–H and O–H groups in total. The van der Waals surface area contributed by atoms with E-state index in [1.165, 1.54) is 11.2 Å². The topological polar surface area (TPSA) is 163 Å². The van der Waals surface area contributed by atoms with Crippen LogP contribution >= 0.6 is 11.6 Å². The van der Waals surface area contributed by atoms with Gasteiger partial charge in [-0.3, -0.25) is 19.3 Å². The molecule has 57 heavy (non-hydrogen) atoms. The van der Waals surface area contributed by atoms with Crippen LogP contribution in [-0.4, -0.2) is 107 Å². The van der Waals surface area contributed by atoms with Crippen LogP contribution < -0.4 is 15.8 Å². The zero-order valence-corrected chi connectivity index (χ0v) is 31.7. The first kappa shape index (κ1) is 38.3. The van der Waals surface area contributed by atoms with Crippen molar-refractivity contribution in [3.63, 3.8) is 0 Å². The molecule has 15 nitrogen and oxygen atoms in total. The number of piperazine rings is 1. The number of halogens is 4. The Morgan fingerprint density at radius 1 is 1.07 bits per heavy atom. The number of rotatable bonds is 9. The Labute approximate surface area is 328 Å². The molecular formula is C38H38ClF3N10O5. The molecule has 3 saturated heterocycles. The number of ether oxygens (including phenoxy) is 1. The quantitative estimate of drug-likeness (QED) is 0.220. The molecule has 2 aromatic carbocycles. The fraction of sp³-hybridized carbons (Fsp3) is 0.395. The number of fused-ring (bicyclic) bond motifs is 3. The Morgan fingerprint density at radius 2 is 1.82 bits per heavy atom. The molecule has 3 fully saturated rings. The van der Waals surface area contributed by atoms with Crippen molar-refractivity contribution in [2.45, 2.75) is 58.1 Å². The first-order valence-electron chi connectivity index (χ1n) is 18.5. The number of aryl methyl sites for hydroxylation is 1.